The van der Waals surface area contributed by atoms with Crippen molar-refractivity contribution in [1.29, 1.82) is 0 Å². The summed E-state index contributed by atoms with van der Waals surface area (Å²) >= 11 is 0. The lowest BCUT2D eigenvalue weighted by molar-refractivity contribution is -0.132. The second-order valence-corrected chi connectivity index (χ2v) is 6.48. The molecule has 0 saturated carbocycles. The van der Waals surface area contributed by atoms with Crippen molar-refractivity contribution in [2.75, 3.05) is 25.1 Å². The van der Waals surface area contributed by atoms with E-state index in [0.29, 0.717) is 25.9 Å². The third kappa shape index (κ3) is 3.92. The molecule has 0 radical (unpaired) electrons. The highest BCUT2D eigenvalue weighted by atomic mass is 32.2. The average molecular weight is 247 g/mol. The Kier molecular flexibility index (Phi) is 4.07. The molecule has 0 spiro atoms. The number of carbonyl (C=O) groups excluding carboxylic acids is 2. The number of amides is 1. The number of rotatable bonds is 3. The molecule has 5 nitrogen and oxygen atoms in total. The molecule has 6 heteroatoms. The van der Waals surface area contributed by atoms with Crippen LogP contribution in [0.2, 0.25) is 0 Å². The third-order valence-corrected chi connectivity index (χ3v) is 3.58. The van der Waals surface area contributed by atoms with Gasteiger partial charge in [0.25, 0.3) is 0 Å². The average Bonchev–Trinajstić information content (AvgIpc) is 2.15. The van der Waals surface area contributed by atoms with E-state index < -0.39 is 15.6 Å². The highest BCUT2D eigenvalue weighted by Crippen LogP contribution is 2.18. The molecule has 1 fully saturated rings. The molecule has 0 atom stereocenters. The van der Waals surface area contributed by atoms with Crippen LogP contribution >= 0.6 is 0 Å². The molecule has 92 valence electrons. The maximum atomic E-state index is 11.6. The van der Waals surface area contributed by atoms with Gasteiger partial charge in [-0.05, 0) is 19.8 Å². The molecule has 1 amide bonds. The van der Waals surface area contributed by atoms with Crippen LogP contribution in [0.3, 0.4) is 0 Å². The summed E-state index contributed by atoms with van der Waals surface area (Å²) in [6.45, 7) is 2.52. The van der Waals surface area contributed by atoms with Crippen molar-refractivity contribution in [3.8, 4) is 0 Å². The van der Waals surface area contributed by atoms with Gasteiger partial charge in [0.1, 0.15) is 11.5 Å². The molecule has 0 aromatic rings. The molecule has 0 aliphatic carbocycles. The van der Waals surface area contributed by atoms with Crippen molar-refractivity contribution in [1.82, 2.24) is 4.90 Å². The molecular weight excluding hydrogens is 230 g/mol. The van der Waals surface area contributed by atoms with E-state index in [1.807, 2.05) is 0 Å². The van der Waals surface area contributed by atoms with Crippen molar-refractivity contribution < 1.29 is 18.0 Å². The first-order chi connectivity index (χ1) is 7.29. The highest BCUT2D eigenvalue weighted by Gasteiger charge is 2.26. The van der Waals surface area contributed by atoms with Gasteiger partial charge in [0.15, 0.2) is 9.84 Å². The lowest BCUT2D eigenvalue weighted by Crippen LogP contribution is -2.42. The number of ketones is 1. The van der Waals surface area contributed by atoms with Crippen molar-refractivity contribution in [2.24, 2.45) is 5.92 Å². The first-order valence-electron chi connectivity index (χ1n) is 5.25. The Morgan fingerprint density at radius 3 is 2.12 bits per heavy atom. The predicted octanol–water partition coefficient (Wildman–Crippen LogP) is -0.141. The quantitative estimate of drug-likeness (QED) is 0.696. The molecular formula is C10H17NO4S. The smallest absolute Gasteiger partial charge is 0.237 e. The lowest BCUT2D eigenvalue weighted by atomic mass is 9.93. The minimum Gasteiger partial charge on any atom is -0.342 e. The van der Waals surface area contributed by atoms with Crippen LogP contribution in [0.1, 0.15) is 19.8 Å². The van der Waals surface area contributed by atoms with E-state index in [0.717, 1.165) is 6.26 Å². The van der Waals surface area contributed by atoms with Crippen LogP contribution in [-0.2, 0) is 19.4 Å². The molecule has 1 rings (SSSR count). The van der Waals surface area contributed by atoms with Gasteiger partial charge in [0.05, 0.1) is 0 Å². The normalized spacial score (nSPS) is 18.5. The maximum Gasteiger partial charge on any atom is 0.237 e. The van der Waals surface area contributed by atoms with E-state index in [2.05, 4.69) is 0 Å². The van der Waals surface area contributed by atoms with Gasteiger partial charge in [0, 0.05) is 25.3 Å². The predicted molar refractivity (Wildman–Crippen MR) is 59.7 cm³/mol. The Labute approximate surface area is 95.7 Å². The SMILES string of the molecule is CC(=O)C1CCN(C(=O)CS(C)(=O)=O)CC1. The van der Waals surface area contributed by atoms with Crippen LogP contribution in [0.25, 0.3) is 0 Å². The molecule has 0 bridgehead atoms. The maximum absolute atomic E-state index is 11.6. The Bertz CT molecular complexity index is 380. The van der Waals surface area contributed by atoms with E-state index in [1.54, 1.807) is 6.92 Å². The van der Waals surface area contributed by atoms with E-state index in [1.165, 1.54) is 4.90 Å². The van der Waals surface area contributed by atoms with Gasteiger partial charge in [-0.3, -0.25) is 9.59 Å². The highest BCUT2D eigenvalue weighted by molar-refractivity contribution is 7.91. The number of Topliss-reactive ketones (excluding diaryl/α,β-unsaturated/α-hetero) is 1. The molecule has 1 aliphatic rings. The zero-order chi connectivity index (χ0) is 12.3. The molecule has 0 aromatic heterocycles. The molecule has 0 N–H and O–H groups in total. The third-order valence-electron chi connectivity index (χ3n) is 2.81. The monoisotopic (exact) mass is 247 g/mol. The summed E-state index contributed by atoms with van der Waals surface area (Å²) in [6, 6.07) is 0. The van der Waals surface area contributed by atoms with Crippen LogP contribution in [0.15, 0.2) is 0 Å². The minimum absolute atomic E-state index is 0.0299. The largest absolute Gasteiger partial charge is 0.342 e. The fourth-order valence-corrected chi connectivity index (χ4v) is 2.48. The van der Waals surface area contributed by atoms with Gasteiger partial charge in [-0.1, -0.05) is 0 Å². The van der Waals surface area contributed by atoms with Crippen molar-refractivity contribution in [3.05, 3.63) is 0 Å². The first kappa shape index (κ1) is 13.2. The van der Waals surface area contributed by atoms with Gasteiger partial charge >= 0.3 is 0 Å². The van der Waals surface area contributed by atoms with Crippen molar-refractivity contribution in [2.45, 2.75) is 19.8 Å². The Morgan fingerprint density at radius 1 is 1.25 bits per heavy atom. The van der Waals surface area contributed by atoms with E-state index >= 15 is 0 Å². The van der Waals surface area contributed by atoms with Gasteiger partial charge in [0.2, 0.25) is 5.91 Å². The van der Waals surface area contributed by atoms with Crippen molar-refractivity contribution in [3.63, 3.8) is 0 Å². The minimum atomic E-state index is -3.26. The zero-order valence-electron chi connectivity index (χ0n) is 9.60. The summed E-state index contributed by atoms with van der Waals surface area (Å²) < 4.78 is 21.9. The van der Waals surface area contributed by atoms with Gasteiger partial charge < -0.3 is 4.90 Å². The van der Waals surface area contributed by atoms with E-state index in [9.17, 15) is 18.0 Å². The number of nitrogens with zero attached hydrogens (tertiary/aromatic N) is 1. The van der Waals surface area contributed by atoms with Crippen molar-refractivity contribution >= 4 is 21.5 Å². The second kappa shape index (κ2) is 4.95. The van der Waals surface area contributed by atoms with Crippen LogP contribution in [0, 0.1) is 5.92 Å². The number of carbonyl (C=O) groups is 2. The Morgan fingerprint density at radius 2 is 1.75 bits per heavy atom. The Balaban J connectivity index is 2.48. The number of likely N-dealkylation sites (tertiary alicyclic amines) is 1. The molecule has 16 heavy (non-hydrogen) atoms. The van der Waals surface area contributed by atoms with Crippen LogP contribution in [0.5, 0.6) is 0 Å². The summed E-state index contributed by atoms with van der Waals surface area (Å²) in [6.07, 6.45) is 2.34. The molecule has 1 saturated heterocycles. The second-order valence-electron chi connectivity index (χ2n) is 4.34. The van der Waals surface area contributed by atoms with Crippen LogP contribution < -0.4 is 0 Å². The van der Waals surface area contributed by atoms with E-state index in [4.69, 9.17) is 0 Å². The fraction of sp³-hybridized carbons (Fsp3) is 0.800. The zero-order valence-corrected chi connectivity index (χ0v) is 10.4. The standard InChI is InChI=1S/C10H17NO4S/c1-8(12)9-3-5-11(6-4-9)10(13)7-16(2,14)15/h9H,3-7H2,1-2H3. The molecule has 1 aliphatic heterocycles. The summed E-state index contributed by atoms with van der Waals surface area (Å²) in [4.78, 5) is 24.2. The topological polar surface area (TPSA) is 71.5 Å². The van der Waals surface area contributed by atoms with Gasteiger partial charge in [-0.25, -0.2) is 8.42 Å². The van der Waals surface area contributed by atoms with Crippen LogP contribution in [0.4, 0.5) is 0 Å². The first-order valence-corrected chi connectivity index (χ1v) is 7.31. The molecule has 0 aromatic carbocycles. The lowest BCUT2D eigenvalue weighted by Gasteiger charge is -2.30. The van der Waals surface area contributed by atoms with Gasteiger partial charge in [-0.2, -0.15) is 0 Å². The summed E-state index contributed by atoms with van der Waals surface area (Å²) in [5, 5.41) is 0. The number of hydrogen-bond acceptors (Lipinski definition) is 4. The summed E-state index contributed by atoms with van der Waals surface area (Å²) in [5.74, 6) is -0.612. The van der Waals surface area contributed by atoms with Gasteiger partial charge in [-0.15, -0.1) is 0 Å². The van der Waals surface area contributed by atoms with Crippen LogP contribution in [-0.4, -0.2) is 50.1 Å². The molecule has 1 heterocycles. The molecule has 0 unspecified atom stereocenters. The number of hydrogen-bond donors (Lipinski definition) is 0. The summed E-state index contributed by atoms with van der Waals surface area (Å²) in [5.41, 5.74) is 0. The summed E-state index contributed by atoms with van der Waals surface area (Å²) in [7, 11) is -3.26. The van der Waals surface area contributed by atoms with E-state index in [-0.39, 0.29) is 17.6 Å². The number of piperidine rings is 1. The Hall–Kier alpha value is -0.910. The number of sulfone groups is 1. The fourth-order valence-electron chi connectivity index (χ4n) is 1.85.